The summed E-state index contributed by atoms with van der Waals surface area (Å²) in [5, 5.41) is 12.8. The molecule has 0 saturated carbocycles. The lowest BCUT2D eigenvalue weighted by Crippen LogP contribution is -2.33. The molecule has 1 heterocycles. The molecule has 16 heavy (non-hydrogen) atoms. The van der Waals surface area contributed by atoms with Crippen molar-refractivity contribution in [2.75, 3.05) is 5.75 Å². The largest absolute Gasteiger partial charge is 0.480 e. The van der Waals surface area contributed by atoms with Gasteiger partial charge in [0.05, 0.1) is 15.4 Å². The molecule has 2 rings (SSSR count). The monoisotopic (exact) mass is 277 g/mol. The molecule has 0 radical (unpaired) electrons. The summed E-state index contributed by atoms with van der Waals surface area (Å²) in [5.41, 5.74) is 0.947. The van der Waals surface area contributed by atoms with Gasteiger partial charge in [0.2, 0.25) is 0 Å². The molecule has 1 aliphatic heterocycles. The highest BCUT2D eigenvalue weighted by Gasteiger charge is 2.30. The van der Waals surface area contributed by atoms with Crippen molar-refractivity contribution < 1.29 is 9.90 Å². The van der Waals surface area contributed by atoms with Gasteiger partial charge in [0.25, 0.3) is 0 Å². The number of hydrogen-bond acceptors (Lipinski definition) is 3. The van der Waals surface area contributed by atoms with Crippen molar-refractivity contribution in [1.82, 2.24) is 5.32 Å². The van der Waals surface area contributed by atoms with Crippen LogP contribution in [0.5, 0.6) is 0 Å². The lowest BCUT2D eigenvalue weighted by Gasteiger charge is -2.11. The summed E-state index contributed by atoms with van der Waals surface area (Å²) < 4.78 is 0. The van der Waals surface area contributed by atoms with Gasteiger partial charge in [-0.2, -0.15) is 0 Å². The zero-order valence-corrected chi connectivity index (χ0v) is 10.4. The number of hydrogen-bond donors (Lipinski definition) is 2. The van der Waals surface area contributed by atoms with Gasteiger partial charge in [-0.25, -0.2) is 0 Å². The van der Waals surface area contributed by atoms with E-state index in [0.29, 0.717) is 15.8 Å². The van der Waals surface area contributed by atoms with E-state index in [0.717, 1.165) is 5.56 Å². The fourth-order valence-electron chi connectivity index (χ4n) is 1.48. The van der Waals surface area contributed by atoms with Crippen LogP contribution < -0.4 is 5.32 Å². The minimum atomic E-state index is -0.824. The van der Waals surface area contributed by atoms with Crippen LogP contribution in [0.25, 0.3) is 0 Å². The Bertz CT molecular complexity index is 427. The smallest absolute Gasteiger partial charge is 0.321 e. The summed E-state index contributed by atoms with van der Waals surface area (Å²) in [6.07, 6.45) is 0. The zero-order valence-electron chi connectivity index (χ0n) is 8.11. The van der Waals surface area contributed by atoms with Gasteiger partial charge in [-0.3, -0.25) is 10.1 Å². The molecule has 3 nitrogen and oxygen atoms in total. The first-order valence-electron chi connectivity index (χ1n) is 4.63. The highest BCUT2D eigenvalue weighted by atomic mass is 35.5. The highest BCUT2D eigenvalue weighted by Crippen LogP contribution is 2.35. The summed E-state index contributed by atoms with van der Waals surface area (Å²) in [4.78, 5) is 10.8. The summed E-state index contributed by atoms with van der Waals surface area (Å²) in [6.45, 7) is 0. The molecule has 0 bridgehead atoms. The molecule has 2 atom stereocenters. The van der Waals surface area contributed by atoms with E-state index in [1.807, 2.05) is 6.07 Å². The number of benzene rings is 1. The molecule has 0 aromatic heterocycles. The zero-order chi connectivity index (χ0) is 11.7. The number of rotatable bonds is 2. The van der Waals surface area contributed by atoms with Crippen molar-refractivity contribution in [3.63, 3.8) is 0 Å². The standard InChI is InChI=1S/C10H9Cl2NO2S/c11-6-2-1-5(3-7(6)12)9-13-8(4-16-9)10(14)15/h1-3,8-9,13H,4H2,(H,14,15)/t8-,9?/m1/s1. The molecule has 0 amide bonds. The van der Waals surface area contributed by atoms with Gasteiger partial charge in [-0.05, 0) is 17.7 Å². The molecule has 0 aliphatic carbocycles. The van der Waals surface area contributed by atoms with Crippen LogP contribution in [-0.4, -0.2) is 22.9 Å². The quantitative estimate of drug-likeness (QED) is 0.873. The average molecular weight is 278 g/mol. The number of thioether (sulfide) groups is 1. The molecule has 0 spiro atoms. The minimum absolute atomic E-state index is 0.0316. The molecule has 1 fully saturated rings. The second-order valence-electron chi connectivity index (χ2n) is 3.44. The molecule has 1 aromatic carbocycles. The lowest BCUT2D eigenvalue weighted by atomic mass is 10.2. The molecular weight excluding hydrogens is 269 g/mol. The fraction of sp³-hybridized carbons (Fsp3) is 0.300. The Kier molecular flexibility index (Phi) is 3.64. The van der Waals surface area contributed by atoms with E-state index in [2.05, 4.69) is 5.32 Å². The van der Waals surface area contributed by atoms with E-state index in [-0.39, 0.29) is 5.37 Å². The van der Waals surface area contributed by atoms with Crippen molar-refractivity contribution >= 4 is 40.9 Å². The SMILES string of the molecule is O=C(O)[C@H]1CSC(c2ccc(Cl)c(Cl)c2)N1. The second-order valence-corrected chi connectivity index (χ2v) is 5.40. The van der Waals surface area contributed by atoms with Crippen LogP contribution in [0.4, 0.5) is 0 Å². The molecule has 1 aromatic rings. The number of carboxylic acid groups (broad SMARTS) is 1. The summed E-state index contributed by atoms with van der Waals surface area (Å²) >= 11 is 13.3. The first kappa shape index (κ1) is 12.0. The van der Waals surface area contributed by atoms with E-state index < -0.39 is 12.0 Å². The third kappa shape index (κ3) is 2.46. The maximum absolute atomic E-state index is 10.8. The van der Waals surface area contributed by atoms with Gasteiger partial charge in [0, 0.05) is 5.75 Å². The Hall–Kier alpha value is -0.420. The van der Waals surface area contributed by atoms with E-state index in [1.165, 1.54) is 0 Å². The van der Waals surface area contributed by atoms with Crippen LogP contribution in [0.1, 0.15) is 10.9 Å². The van der Waals surface area contributed by atoms with Gasteiger partial charge in [-0.1, -0.05) is 29.3 Å². The number of nitrogens with one attached hydrogen (secondary N) is 1. The van der Waals surface area contributed by atoms with E-state index in [9.17, 15) is 4.79 Å². The minimum Gasteiger partial charge on any atom is -0.480 e. The molecule has 1 aliphatic rings. The first-order chi connectivity index (χ1) is 7.58. The van der Waals surface area contributed by atoms with Crippen molar-refractivity contribution in [3.8, 4) is 0 Å². The Labute approximate surface area is 107 Å². The fourth-order valence-corrected chi connectivity index (χ4v) is 3.01. The highest BCUT2D eigenvalue weighted by molar-refractivity contribution is 7.99. The predicted octanol–water partition coefficient (Wildman–Crippen LogP) is 2.78. The predicted molar refractivity (Wildman–Crippen MR) is 66.2 cm³/mol. The third-order valence-electron chi connectivity index (χ3n) is 2.33. The van der Waals surface area contributed by atoms with Gasteiger partial charge in [-0.15, -0.1) is 11.8 Å². The van der Waals surface area contributed by atoms with Crippen molar-refractivity contribution in [2.45, 2.75) is 11.4 Å². The van der Waals surface area contributed by atoms with Crippen LogP contribution in [-0.2, 0) is 4.79 Å². The maximum Gasteiger partial charge on any atom is 0.321 e. The number of carboxylic acids is 1. The number of halogens is 2. The van der Waals surface area contributed by atoms with E-state index in [4.69, 9.17) is 28.3 Å². The molecule has 6 heteroatoms. The normalized spacial score (nSPS) is 24.6. The first-order valence-corrected chi connectivity index (χ1v) is 6.44. The van der Waals surface area contributed by atoms with Crippen molar-refractivity contribution in [3.05, 3.63) is 33.8 Å². The molecule has 1 saturated heterocycles. The summed E-state index contributed by atoms with van der Waals surface area (Å²) in [7, 11) is 0. The van der Waals surface area contributed by atoms with Crippen molar-refractivity contribution in [2.24, 2.45) is 0 Å². The second kappa shape index (κ2) is 4.84. The molecular formula is C10H9Cl2NO2S. The maximum atomic E-state index is 10.8. The van der Waals surface area contributed by atoms with Gasteiger partial charge in [0.15, 0.2) is 0 Å². The van der Waals surface area contributed by atoms with Crippen LogP contribution >= 0.6 is 35.0 Å². The Morgan fingerprint density at radius 3 is 2.75 bits per heavy atom. The van der Waals surface area contributed by atoms with Crippen LogP contribution in [0.2, 0.25) is 10.0 Å². The lowest BCUT2D eigenvalue weighted by molar-refractivity contribution is -0.138. The van der Waals surface area contributed by atoms with Gasteiger partial charge >= 0.3 is 5.97 Å². The molecule has 86 valence electrons. The van der Waals surface area contributed by atoms with Crippen LogP contribution in [0, 0.1) is 0 Å². The van der Waals surface area contributed by atoms with Crippen molar-refractivity contribution in [1.29, 1.82) is 0 Å². The number of aliphatic carboxylic acids is 1. The summed E-state index contributed by atoms with van der Waals surface area (Å²) in [5.74, 6) is -0.268. The Morgan fingerprint density at radius 2 is 2.19 bits per heavy atom. The van der Waals surface area contributed by atoms with E-state index >= 15 is 0 Å². The molecule has 1 unspecified atom stereocenters. The Balaban J connectivity index is 2.14. The number of carbonyl (C=O) groups is 1. The van der Waals surface area contributed by atoms with Gasteiger partial charge in [0.1, 0.15) is 6.04 Å². The Morgan fingerprint density at radius 1 is 1.44 bits per heavy atom. The topological polar surface area (TPSA) is 49.3 Å². The van der Waals surface area contributed by atoms with E-state index in [1.54, 1.807) is 23.9 Å². The average Bonchev–Trinajstić information content (AvgIpc) is 2.71. The molecule has 2 N–H and O–H groups in total. The van der Waals surface area contributed by atoms with Gasteiger partial charge < -0.3 is 5.11 Å². The third-order valence-corrected chi connectivity index (χ3v) is 4.33. The van der Waals surface area contributed by atoms with Crippen LogP contribution in [0.3, 0.4) is 0 Å². The van der Waals surface area contributed by atoms with Crippen LogP contribution in [0.15, 0.2) is 18.2 Å². The summed E-state index contributed by atoms with van der Waals surface area (Å²) in [6, 6.07) is 4.83.